The number of pyridine rings is 1. The van der Waals surface area contributed by atoms with Crippen LogP contribution in [-0.2, 0) is 11.2 Å². The molecule has 2 heterocycles. The fraction of sp³-hybridized carbons (Fsp3) is 0.318. The van der Waals surface area contributed by atoms with Gasteiger partial charge in [0.1, 0.15) is 36.4 Å². The molecule has 1 aromatic carbocycles. The molecule has 0 bridgehead atoms. The van der Waals surface area contributed by atoms with Gasteiger partial charge in [0, 0.05) is 32.4 Å². The van der Waals surface area contributed by atoms with Gasteiger partial charge in [0.05, 0.1) is 6.54 Å². The van der Waals surface area contributed by atoms with Crippen LogP contribution in [0.1, 0.15) is 12.8 Å². The summed E-state index contributed by atoms with van der Waals surface area (Å²) in [5.74, 6) is 1.05. The second-order valence-corrected chi connectivity index (χ2v) is 6.93. The number of hydrogen-bond donors (Lipinski definition) is 1. The van der Waals surface area contributed by atoms with Gasteiger partial charge in [-0.2, -0.15) is 0 Å². The number of hydrogen-bond acceptors (Lipinski definition) is 6. The molecule has 1 amide bonds. The molecule has 0 aliphatic carbocycles. The van der Waals surface area contributed by atoms with E-state index in [0.29, 0.717) is 37.0 Å². The van der Waals surface area contributed by atoms with Crippen LogP contribution in [0.4, 0.5) is 5.69 Å². The Kier molecular flexibility index (Phi) is 6.90. The van der Waals surface area contributed by atoms with Gasteiger partial charge in [0.2, 0.25) is 11.8 Å². The number of ether oxygens (including phenoxy) is 1. The molecule has 0 saturated carbocycles. The van der Waals surface area contributed by atoms with Crippen molar-refractivity contribution in [2.24, 2.45) is 0 Å². The number of nitrogens with zero attached hydrogens (tertiary/aromatic N) is 3. The van der Waals surface area contributed by atoms with Crippen LogP contribution in [0.3, 0.4) is 0 Å². The first kappa shape index (κ1) is 21.2. The fourth-order valence-corrected chi connectivity index (χ4v) is 2.92. The molecule has 8 heteroatoms. The molecular weight excluding hydrogens is 384 g/mol. The van der Waals surface area contributed by atoms with Crippen molar-refractivity contribution in [2.75, 3.05) is 38.7 Å². The van der Waals surface area contributed by atoms with E-state index in [1.54, 1.807) is 32.6 Å². The van der Waals surface area contributed by atoms with Crippen molar-refractivity contribution in [2.45, 2.75) is 13.3 Å². The molecule has 8 nitrogen and oxygen atoms in total. The van der Waals surface area contributed by atoms with Gasteiger partial charge in [-0.15, -0.1) is 0 Å². The first-order chi connectivity index (χ1) is 14.5. The molecule has 30 heavy (non-hydrogen) atoms. The summed E-state index contributed by atoms with van der Waals surface area (Å²) in [5.41, 5.74) is 2.07. The lowest BCUT2D eigenvalue weighted by Crippen LogP contribution is -2.32. The van der Waals surface area contributed by atoms with E-state index in [9.17, 15) is 9.59 Å². The molecule has 1 N–H and O–H groups in total. The zero-order chi connectivity index (χ0) is 21.5. The summed E-state index contributed by atoms with van der Waals surface area (Å²) >= 11 is 0. The van der Waals surface area contributed by atoms with Crippen LogP contribution in [0.2, 0.25) is 0 Å². The van der Waals surface area contributed by atoms with Crippen LogP contribution in [0.5, 0.6) is 5.75 Å². The highest BCUT2D eigenvalue weighted by molar-refractivity contribution is 5.77. The number of rotatable bonds is 9. The van der Waals surface area contributed by atoms with E-state index >= 15 is 0 Å². The van der Waals surface area contributed by atoms with E-state index in [1.165, 1.54) is 4.90 Å². The molecule has 2 aromatic heterocycles. The smallest absolute Gasteiger partial charge is 0.271 e. The maximum atomic E-state index is 11.9. The standard InChI is InChI=1S/C22H26N4O4/c1-4-26(19-6-5-11-23-22(19)28)12-13-29-17-9-7-16(8-10-17)18-15-30-20(24-18)14-21(27)25(2)3/h5-11,15H,4,12-14H2,1-3H3,(H,23,28). The number of aromatic nitrogens is 2. The number of nitrogens with one attached hydrogen (secondary N) is 1. The molecule has 0 unspecified atom stereocenters. The first-order valence-electron chi connectivity index (χ1n) is 9.78. The molecule has 0 saturated heterocycles. The summed E-state index contributed by atoms with van der Waals surface area (Å²) in [7, 11) is 3.39. The third-order valence-electron chi connectivity index (χ3n) is 4.65. The number of amides is 1. The Morgan fingerprint density at radius 2 is 1.97 bits per heavy atom. The Balaban J connectivity index is 1.56. The van der Waals surface area contributed by atoms with Crippen LogP contribution in [0.15, 0.2) is 58.1 Å². The number of likely N-dealkylation sites (N-methyl/N-ethyl adjacent to an activating group) is 2. The molecule has 0 aliphatic heterocycles. The van der Waals surface area contributed by atoms with E-state index in [0.717, 1.165) is 11.3 Å². The van der Waals surface area contributed by atoms with Crippen molar-refractivity contribution < 1.29 is 13.9 Å². The number of H-pyrrole nitrogens is 1. The van der Waals surface area contributed by atoms with Gasteiger partial charge in [-0.05, 0) is 43.3 Å². The van der Waals surface area contributed by atoms with Gasteiger partial charge >= 0.3 is 0 Å². The van der Waals surface area contributed by atoms with Crippen molar-refractivity contribution >= 4 is 11.6 Å². The predicted octanol–water partition coefficient (Wildman–Crippen LogP) is 2.57. The molecular formula is C22H26N4O4. The second-order valence-electron chi connectivity index (χ2n) is 6.93. The predicted molar refractivity (Wildman–Crippen MR) is 115 cm³/mol. The molecule has 0 atom stereocenters. The minimum Gasteiger partial charge on any atom is -0.492 e. The van der Waals surface area contributed by atoms with Crippen LogP contribution in [-0.4, -0.2) is 54.6 Å². The van der Waals surface area contributed by atoms with Gasteiger partial charge in [-0.25, -0.2) is 4.98 Å². The Morgan fingerprint density at radius 3 is 2.63 bits per heavy atom. The monoisotopic (exact) mass is 410 g/mol. The number of aromatic amines is 1. The lowest BCUT2D eigenvalue weighted by atomic mass is 10.2. The van der Waals surface area contributed by atoms with Crippen LogP contribution >= 0.6 is 0 Å². The van der Waals surface area contributed by atoms with E-state index in [1.807, 2.05) is 42.2 Å². The van der Waals surface area contributed by atoms with Crippen molar-refractivity contribution in [1.29, 1.82) is 0 Å². The quantitative estimate of drug-likeness (QED) is 0.583. The number of benzene rings is 1. The van der Waals surface area contributed by atoms with E-state index in [-0.39, 0.29) is 17.9 Å². The van der Waals surface area contributed by atoms with E-state index < -0.39 is 0 Å². The summed E-state index contributed by atoms with van der Waals surface area (Å²) in [4.78, 5) is 34.3. The zero-order valence-electron chi connectivity index (χ0n) is 17.4. The first-order valence-corrected chi connectivity index (χ1v) is 9.78. The molecule has 0 spiro atoms. The average Bonchev–Trinajstić information content (AvgIpc) is 3.21. The Bertz CT molecular complexity index is 1020. The van der Waals surface area contributed by atoms with Gasteiger partial charge < -0.3 is 23.9 Å². The lowest BCUT2D eigenvalue weighted by molar-refractivity contribution is -0.128. The number of oxazole rings is 1. The number of anilines is 1. The Labute approximate surface area is 175 Å². The summed E-state index contributed by atoms with van der Waals surface area (Å²) in [6, 6.07) is 11.1. The third kappa shape index (κ3) is 5.28. The maximum absolute atomic E-state index is 11.9. The lowest BCUT2D eigenvalue weighted by Gasteiger charge is -2.22. The molecule has 0 radical (unpaired) electrons. The third-order valence-corrected chi connectivity index (χ3v) is 4.65. The van der Waals surface area contributed by atoms with E-state index in [2.05, 4.69) is 9.97 Å². The maximum Gasteiger partial charge on any atom is 0.271 e. The van der Waals surface area contributed by atoms with Crippen LogP contribution < -0.4 is 15.2 Å². The van der Waals surface area contributed by atoms with Crippen LogP contribution in [0.25, 0.3) is 11.3 Å². The Morgan fingerprint density at radius 1 is 1.20 bits per heavy atom. The summed E-state index contributed by atoms with van der Waals surface area (Å²) < 4.78 is 11.2. The van der Waals surface area contributed by atoms with Crippen molar-refractivity contribution in [3.63, 3.8) is 0 Å². The topological polar surface area (TPSA) is 91.7 Å². The van der Waals surface area contributed by atoms with E-state index in [4.69, 9.17) is 9.15 Å². The average molecular weight is 410 g/mol. The fourth-order valence-electron chi connectivity index (χ4n) is 2.92. The van der Waals surface area contributed by atoms with Crippen molar-refractivity contribution in [3.05, 3.63) is 65.1 Å². The molecule has 0 fully saturated rings. The highest BCUT2D eigenvalue weighted by Crippen LogP contribution is 2.22. The SMILES string of the molecule is CCN(CCOc1ccc(-c2coc(CC(=O)N(C)C)n2)cc1)c1ccc[nH]c1=O. The molecule has 3 aromatic rings. The summed E-state index contributed by atoms with van der Waals surface area (Å²) in [5, 5.41) is 0. The summed E-state index contributed by atoms with van der Waals surface area (Å²) in [6.45, 7) is 3.75. The van der Waals surface area contributed by atoms with Crippen molar-refractivity contribution in [3.8, 4) is 17.0 Å². The minimum absolute atomic E-state index is 0.0641. The Hall–Kier alpha value is -3.55. The van der Waals surface area contributed by atoms with Crippen molar-refractivity contribution in [1.82, 2.24) is 14.9 Å². The largest absolute Gasteiger partial charge is 0.492 e. The number of carbonyl (C=O) groups is 1. The second kappa shape index (κ2) is 9.78. The minimum atomic E-state index is -0.108. The molecule has 158 valence electrons. The normalized spacial score (nSPS) is 10.6. The highest BCUT2D eigenvalue weighted by atomic mass is 16.5. The van der Waals surface area contributed by atoms with Gasteiger partial charge in [-0.3, -0.25) is 9.59 Å². The zero-order valence-corrected chi connectivity index (χ0v) is 17.4. The van der Waals surface area contributed by atoms with Gasteiger partial charge in [0.15, 0.2) is 0 Å². The molecule has 3 rings (SSSR count). The number of carbonyl (C=O) groups excluding carboxylic acids is 1. The highest BCUT2D eigenvalue weighted by Gasteiger charge is 2.12. The van der Waals surface area contributed by atoms with Gasteiger partial charge in [0.25, 0.3) is 5.56 Å². The van der Waals surface area contributed by atoms with Gasteiger partial charge in [-0.1, -0.05) is 0 Å². The summed E-state index contributed by atoms with van der Waals surface area (Å²) in [6.07, 6.45) is 3.30. The molecule has 0 aliphatic rings. The van der Waals surface area contributed by atoms with Crippen LogP contribution in [0, 0.1) is 0 Å².